The minimum Gasteiger partial charge on any atom is -0.356 e. The summed E-state index contributed by atoms with van der Waals surface area (Å²) in [6.45, 7) is 9.73. The number of hydrogen-bond acceptors (Lipinski definition) is 7. The van der Waals surface area contributed by atoms with Gasteiger partial charge in [0.1, 0.15) is 12.1 Å². The van der Waals surface area contributed by atoms with E-state index in [1.54, 1.807) is 17.9 Å². The van der Waals surface area contributed by atoms with E-state index in [-0.39, 0.29) is 17.4 Å². The molecule has 1 aliphatic heterocycles. The summed E-state index contributed by atoms with van der Waals surface area (Å²) in [5, 5.41) is 7.48. The minimum absolute atomic E-state index is 0.00244. The van der Waals surface area contributed by atoms with Gasteiger partial charge >= 0.3 is 0 Å². The maximum atomic E-state index is 12.8. The molecular weight excluding hydrogens is 420 g/mol. The topological polar surface area (TPSA) is 111 Å². The van der Waals surface area contributed by atoms with E-state index in [9.17, 15) is 9.59 Å². The number of anilines is 1. The maximum Gasteiger partial charge on any atom is 0.256 e. The molecule has 33 heavy (non-hydrogen) atoms. The Labute approximate surface area is 192 Å². The van der Waals surface area contributed by atoms with Gasteiger partial charge in [-0.3, -0.25) is 14.2 Å². The van der Waals surface area contributed by atoms with Gasteiger partial charge in [0.25, 0.3) is 5.56 Å². The molecule has 1 saturated heterocycles. The SMILES string of the molecule is Cc1cc(C)n(-c2cc(N3CCCC(C(=O)NCCn4cnc(C)c(C)c4=O)C3)ncn2)n1. The van der Waals surface area contributed by atoms with Crippen molar-refractivity contribution in [3.05, 3.63) is 57.8 Å². The molecule has 4 heterocycles. The lowest BCUT2D eigenvalue weighted by Gasteiger charge is -2.33. The largest absolute Gasteiger partial charge is 0.356 e. The van der Waals surface area contributed by atoms with Crippen molar-refractivity contribution in [1.29, 1.82) is 0 Å². The molecule has 0 aliphatic carbocycles. The second-order valence-corrected chi connectivity index (χ2v) is 8.60. The van der Waals surface area contributed by atoms with Crippen LogP contribution in [0.1, 0.15) is 35.5 Å². The Bertz CT molecular complexity index is 1220. The predicted octanol–water partition coefficient (Wildman–Crippen LogP) is 1.49. The molecule has 0 radical (unpaired) electrons. The van der Waals surface area contributed by atoms with E-state index in [0.717, 1.165) is 42.3 Å². The molecule has 174 valence electrons. The van der Waals surface area contributed by atoms with Gasteiger partial charge in [0.05, 0.1) is 17.9 Å². The summed E-state index contributed by atoms with van der Waals surface area (Å²) < 4.78 is 3.34. The Kier molecular flexibility index (Phi) is 6.52. The Balaban J connectivity index is 1.38. The Morgan fingerprint density at radius 1 is 1.12 bits per heavy atom. The number of amides is 1. The number of aryl methyl sites for hydroxylation is 3. The van der Waals surface area contributed by atoms with E-state index in [1.165, 1.54) is 10.9 Å². The summed E-state index contributed by atoms with van der Waals surface area (Å²) in [5.41, 5.74) is 3.24. The molecule has 1 unspecified atom stereocenters. The zero-order valence-electron chi connectivity index (χ0n) is 19.6. The normalized spacial score (nSPS) is 16.1. The van der Waals surface area contributed by atoms with Crippen LogP contribution in [0.15, 0.2) is 29.6 Å². The first-order valence-corrected chi connectivity index (χ1v) is 11.2. The van der Waals surface area contributed by atoms with E-state index in [2.05, 4.69) is 30.3 Å². The summed E-state index contributed by atoms with van der Waals surface area (Å²) in [5.74, 6) is 1.36. The van der Waals surface area contributed by atoms with Gasteiger partial charge in [0.15, 0.2) is 5.82 Å². The third kappa shape index (κ3) is 4.94. The quantitative estimate of drug-likeness (QED) is 0.606. The van der Waals surface area contributed by atoms with Crippen molar-refractivity contribution in [2.24, 2.45) is 5.92 Å². The van der Waals surface area contributed by atoms with Crippen LogP contribution < -0.4 is 15.8 Å². The van der Waals surface area contributed by atoms with Gasteiger partial charge in [0, 0.05) is 49.2 Å². The van der Waals surface area contributed by atoms with Gasteiger partial charge in [-0.25, -0.2) is 19.6 Å². The number of carbonyl (C=O) groups excluding carboxylic acids is 1. The van der Waals surface area contributed by atoms with Crippen molar-refractivity contribution in [1.82, 2.24) is 34.6 Å². The number of nitrogens with zero attached hydrogens (tertiary/aromatic N) is 7. The molecule has 1 aliphatic rings. The van der Waals surface area contributed by atoms with Crippen LogP contribution in [0.3, 0.4) is 0 Å². The predicted molar refractivity (Wildman–Crippen MR) is 125 cm³/mol. The van der Waals surface area contributed by atoms with Crippen molar-refractivity contribution in [2.75, 3.05) is 24.5 Å². The number of rotatable bonds is 6. The number of nitrogens with one attached hydrogen (secondary N) is 1. The third-order valence-electron chi connectivity index (χ3n) is 6.15. The summed E-state index contributed by atoms with van der Waals surface area (Å²) >= 11 is 0. The van der Waals surface area contributed by atoms with Gasteiger partial charge in [-0.1, -0.05) is 0 Å². The van der Waals surface area contributed by atoms with E-state index >= 15 is 0 Å². The lowest BCUT2D eigenvalue weighted by molar-refractivity contribution is -0.125. The van der Waals surface area contributed by atoms with Crippen molar-refractivity contribution in [3.63, 3.8) is 0 Å². The molecule has 1 N–H and O–H groups in total. The first kappa shape index (κ1) is 22.6. The summed E-state index contributed by atoms with van der Waals surface area (Å²) in [4.78, 5) is 40.3. The zero-order valence-corrected chi connectivity index (χ0v) is 19.6. The highest BCUT2D eigenvalue weighted by molar-refractivity contribution is 5.79. The monoisotopic (exact) mass is 450 g/mol. The first-order valence-electron chi connectivity index (χ1n) is 11.2. The molecule has 10 nitrogen and oxygen atoms in total. The Hall–Kier alpha value is -3.56. The molecule has 0 spiro atoms. The lowest BCUT2D eigenvalue weighted by Crippen LogP contribution is -2.44. The highest BCUT2D eigenvalue weighted by atomic mass is 16.2. The fraction of sp³-hybridized carbons (Fsp3) is 0.478. The molecule has 10 heteroatoms. The number of aromatic nitrogens is 6. The minimum atomic E-state index is -0.138. The zero-order chi connectivity index (χ0) is 23.5. The molecule has 4 rings (SSSR count). The third-order valence-corrected chi connectivity index (χ3v) is 6.15. The molecular formula is C23H30N8O2. The Morgan fingerprint density at radius 3 is 2.67 bits per heavy atom. The fourth-order valence-corrected chi connectivity index (χ4v) is 4.16. The average Bonchev–Trinajstić information content (AvgIpc) is 3.17. The number of hydrogen-bond donors (Lipinski definition) is 1. The van der Waals surface area contributed by atoms with Crippen molar-refractivity contribution in [3.8, 4) is 5.82 Å². The molecule has 0 bridgehead atoms. The van der Waals surface area contributed by atoms with Crippen LogP contribution in [0, 0.1) is 33.6 Å². The van der Waals surface area contributed by atoms with E-state index in [0.29, 0.717) is 31.0 Å². The van der Waals surface area contributed by atoms with Crippen LogP contribution in [0.25, 0.3) is 5.82 Å². The molecule has 0 saturated carbocycles. The standard InChI is InChI=1S/C23H30N8O2/c1-15-10-16(2)31(28-15)21-11-20(25-13-26-21)29-8-5-6-19(12-29)22(32)24-7-9-30-14-27-18(4)17(3)23(30)33/h10-11,13-14,19H,5-9,12H2,1-4H3,(H,24,32). The second kappa shape index (κ2) is 9.51. The number of piperidine rings is 1. The molecule has 3 aromatic rings. The molecule has 3 aromatic heterocycles. The van der Waals surface area contributed by atoms with Crippen molar-refractivity contribution in [2.45, 2.75) is 47.1 Å². The van der Waals surface area contributed by atoms with Crippen LogP contribution in [-0.2, 0) is 11.3 Å². The molecule has 0 aromatic carbocycles. The second-order valence-electron chi connectivity index (χ2n) is 8.60. The van der Waals surface area contributed by atoms with Gasteiger partial charge in [-0.05, 0) is 46.6 Å². The molecule has 1 amide bonds. The smallest absolute Gasteiger partial charge is 0.256 e. The summed E-state index contributed by atoms with van der Waals surface area (Å²) in [6.07, 6.45) is 4.80. The van der Waals surface area contributed by atoms with Gasteiger partial charge in [-0.15, -0.1) is 0 Å². The highest BCUT2D eigenvalue weighted by Crippen LogP contribution is 2.23. The van der Waals surface area contributed by atoms with Crippen molar-refractivity contribution >= 4 is 11.7 Å². The molecule has 1 fully saturated rings. The van der Waals surface area contributed by atoms with Crippen LogP contribution in [0.5, 0.6) is 0 Å². The van der Waals surface area contributed by atoms with Crippen LogP contribution in [0.2, 0.25) is 0 Å². The van der Waals surface area contributed by atoms with Crippen LogP contribution >= 0.6 is 0 Å². The van der Waals surface area contributed by atoms with Crippen LogP contribution in [-0.4, -0.2) is 54.8 Å². The van der Waals surface area contributed by atoms with Gasteiger partial charge in [0.2, 0.25) is 5.91 Å². The summed E-state index contributed by atoms with van der Waals surface area (Å²) in [6, 6.07) is 3.92. The van der Waals surface area contributed by atoms with E-state index in [4.69, 9.17) is 0 Å². The Morgan fingerprint density at radius 2 is 1.91 bits per heavy atom. The van der Waals surface area contributed by atoms with Gasteiger partial charge < -0.3 is 10.2 Å². The van der Waals surface area contributed by atoms with Crippen LogP contribution in [0.4, 0.5) is 5.82 Å². The van der Waals surface area contributed by atoms with Crippen molar-refractivity contribution < 1.29 is 4.79 Å². The van der Waals surface area contributed by atoms with Gasteiger partial charge in [-0.2, -0.15) is 5.10 Å². The summed E-state index contributed by atoms with van der Waals surface area (Å²) in [7, 11) is 0. The maximum absolute atomic E-state index is 12.8. The number of carbonyl (C=O) groups is 1. The average molecular weight is 451 g/mol. The first-order chi connectivity index (χ1) is 15.8. The van der Waals surface area contributed by atoms with E-state index in [1.807, 2.05) is 32.9 Å². The highest BCUT2D eigenvalue weighted by Gasteiger charge is 2.26. The lowest BCUT2D eigenvalue weighted by atomic mass is 9.97. The molecule has 1 atom stereocenters. The fourth-order valence-electron chi connectivity index (χ4n) is 4.16. The van der Waals surface area contributed by atoms with E-state index < -0.39 is 0 Å².